The molecule has 78 valence electrons. The van der Waals surface area contributed by atoms with Crippen molar-refractivity contribution in [3.63, 3.8) is 0 Å². The van der Waals surface area contributed by atoms with Crippen LogP contribution in [0.5, 0.6) is 0 Å². The molecule has 0 aromatic heterocycles. The summed E-state index contributed by atoms with van der Waals surface area (Å²) in [5, 5.41) is 0. The molecule has 1 aromatic carbocycles. The Bertz CT molecular complexity index is 386. The first kappa shape index (κ1) is 11.2. The van der Waals surface area contributed by atoms with Gasteiger partial charge in [-0.3, -0.25) is 0 Å². The van der Waals surface area contributed by atoms with E-state index in [1.807, 2.05) is 25.1 Å². The fourth-order valence-electron chi connectivity index (χ4n) is 1.32. The highest BCUT2D eigenvalue weighted by Gasteiger charge is 2.04. The highest BCUT2D eigenvalue weighted by molar-refractivity contribution is 5.90. The number of methoxy groups -OCH3 is 1. The topological polar surface area (TPSA) is 26.3 Å². The molecule has 0 saturated carbocycles. The Balaban J connectivity index is 2.99. The molecule has 2 nitrogen and oxygen atoms in total. The number of esters is 1. The first-order valence-corrected chi connectivity index (χ1v) is 4.70. The molecule has 0 amide bonds. The number of hydrogen-bond donors (Lipinski definition) is 0. The second-order valence-corrected chi connectivity index (χ2v) is 3.02. The van der Waals surface area contributed by atoms with Crippen molar-refractivity contribution in [3.8, 4) is 0 Å². The van der Waals surface area contributed by atoms with E-state index < -0.39 is 0 Å². The van der Waals surface area contributed by atoms with Gasteiger partial charge >= 0.3 is 5.97 Å². The molecule has 0 heterocycles. The number of carbonyl (C=O) groups is 1. The highest BCUT2D eigenvalue weighted by Crippen LogP contribution is 2.16. The van der Waals surface area contributed by atoms with Crippen molar-refractivity contribution in [2.45, 2.75) is 6.92 Å². The largest absolute Gasteiger partial charge is 0.465 e. The van der Waals surface area contributed by atoms with Crippen molar-refractivity contribution < 1.29 is 9.53 Å². The third-order valence-corrected chi connectivity index (χ3v) is 2.17. The molecule has 15 heavy (non-hydrogen) atoms. The average Bonchev–Trinajstić information content (AvgIpc) is 2.30. The molecule has 0 aliphatic carbocycles. The summed E-state index contributed by atoms with van der Waals surface area (Å²) in [5.41, 5.74) is 2.65. The molecule has 0 spiro atoms. The van der Waals surface area contributed by atoms with Crippen LogP contribution in [0.4, 0.5) is 0 Å². The third kappa shape index (κ3) is 2.56. The fourth-order valence-corrected chi connectivity index (χ4v) is 1.32. The molecule has 0 aliphatic rings. The standard InChI is InChI=1S/C13H14O2/c1-4-10(5-2)11-6-8-12(9-7-11)13(14)15-3/h4-9H,1H2,2-3H3/b10-5+. The minimum atomic E-state index is -0.317. The zero-order valence-corrected chi connectivity index (χ0v) is 8.99. The first-order chi connectivity index (χ1) is 7.22. The number of benzene rings is 1. The molecule has 0 atom stereocenters. The van der Waals surface area contributed by atoms with Crippen LogP contribution in [0.2, 0.25) is 0 Å². The Hall–Kier alpha value is -1.83. The summed E-state index contributed by atoms with van der Waals surface area (Å²) < 4.78 is 4.62. The number of ether oxygens (including phenoxy) is 1. The van der Waals surface area contributed by atoms with E-state index in [0.29, 0.717) is 5.56 Å². The Morgan fingerprint density at radius 2 is 1.80 bits per heavy atom. The van der Waals surface area contributed by atoms with Crippen molar-refractivity contribution in [1.82, 2.24) is 0 Å². The molecule has 0 fully saturated rings. The molecular weight excluding hydrogens is 188 g/mol. The summed E-state index contributed by atoms with van der Waals surface area (Å²) in [4.78, 5) is 11.2. The summed E-state index contributed by atoms with van der Waals surface area (Å²) in [6.07, 6.45) is 3.76. The Morgan fingerprint density at radius 3 is 2.20 bits per heavy atom. The van der Waals surface area contributed by atoms with Crippen LogP contribution in [-0.4, -0.2) is 13.1 Å². The predicted molar refractivity (Wildman–Crippen MR) is 61.6 cm³/mol. The lowest BCUT2D eigenvalue weighted by atomic mass is 10.0. The van der Waals surface area contributed by atoms with E-state index in [2.05, 4.69) is 11.3 Å². The molecule has 0 bridgehead atoms. The Kier molecular flexibility index (Phi) is 3.86. The summed E-state index contributed by atoms with van der Waals surface area (Å²) in [6, 6.07) is 7.24. The minimum absolute atomic E-state index is 0.317. The fraction of sp³-hybridized carbons (Fsp3) is 0.154. The van der Waals surface area contributed by atoms with Gasteiger partial charge in [-0.25, -0.2) is 4.79 Å². The monoisotopic (exact) mass is 202 g/mol. The maximum Gasteiger partial charge on any atom is 0.337 e. The van der Waals surface area contributed by atoms with Crippen LogP contribution in [0.15, 0.2) is 43.0 Å². The van der Waals surface area contributed by atoms with Gasteiger partial charge in [-0.2, -0.15) is 0 Å². The summed E-state index contributed by atoms with van der Waals surface area (Å²) >= 11 is 0. The van der Waals surface area contributed by atoms with Gasteiger partial charge in [0.2, 0.25) is 0 Å². The number of hydrogen-bond acceptors (Lipinski definition) is 2. The van der Waals surface area contributed by atoms with Crippen LogP contribution in [0.3, 0.4) is 0 Å². The average molecular weight is 202 g/mol. The molecule has 0 saturated heterocycles. The lowest BCUT2D eigenvalue weighted by Crippen LogP contribution is -2.00. The zero-order chi connectivity index (χ0) is 11.3. The normalized spacial score (nSPS) is 10.9. The first-order valence-electron chi connectivity index (χ1n) is 4.70. The maximum absolute atomic E-state index is 11.2. The van der Waals surface area contributed by atoms with E-state index >= 15 is 0 Å². The molecule has 0 unspecified atom stereocenters. The summed E-state index contributed by atoms with van der Waals surface area (Å²) in [7, 11) is 1.37. The number of rotatable bonds is 3. The second-order valence-electron chi connectivity index (χ2n) is 3.02. The van der Waals surface area contributed by atoms with Crippen LogP contribution >= 0.6 is 0 Å². The van der Waals surface area contributed by atoms with Crippen LogP contribution in [-0.2, 0) is 4.74 Å². The van der Waals surface area contributed by atoms with Crippen LogP contribution in [0.1, 0.15) is 22.8 Å². The maximum atomic E-state index is 11.2. The van der Waals surface area contributed by atoms with Gasteiger partial charge in [0.15, 0.2) is 0 Å². The van der Waals surface area contributed by atoms with Gasteiger partial charge in [0.25, 0.3) is 0 Å². The van der Waals surface area contributed by atoms with Crippen LogP contribution < -0.4 is 0 Å². The SMILES string of the molecule is C=C/C(=C\C)c1ccc(C(=O)OC)cc1. The highest BCUT2D eigenvalue weighted by atomic mass is 16.5. The number of allylic oxidation sites excluding steroid dienone is 3. The van der Waals surface area contributed by atoms with Crippen molar-refractivity contribution >= 4 is 11.5 Å². The van der Waals surface area contributed by atoms with Gasteiger partial charge in [0.1, 0.15) is 0 Å². The molecule has 1 aromatic rings. The van der Waals surface area contributed by atoms with Crippen molar-refractivity contribution in [2.24, 2.45) is 0 Å². The molecule has 0 aliphatic heterocycles. The molecule has 1 rings (SSSR count). The molecular formula is C13H14O2. The quantitative estimate of drug-likeness (QED) is 0.556. The van der Waals surface area contributed by atoms with E-state index in [4.69, 9.17) is 0 Å². The third-order valence-electron chi connectivity index (χ3n) is 2.17. The Morgan fingerprint density at radius 1 is 1.27 bits per heavy atom. The Labute approximate surface area is 89.9 Å². The van der Waals surface area contributed by atoms with E-state index in [1.165, 1.54) is 7.11 Å². The van der Waals surface area contributed by atoms with Crippen molar-refractivity contribution in [3.05, 3.63) is 54.1 Å². The van der Waals surface area contributed by atoms with E-state index in [9.17, 15) is 4.79 Å². The van der Waals surface area contributed by atoms with Crippen LogP contribution in [0, 0.1) is 0 Å². The van der Waals surface area contributed by atoms with Crippen LogP contribution in [0.25, 0.3) is 5.57 Å². The second kappa shape index (κ2) is 5.15. The zero-order valence-electron chi connectivity index (χ0n) is 8.99. The van der Waals surface area contributed by atoms with Gasteiger partial charge in [-0.15, -0.1) is 0 Å². The molecule has 0 N–H and O–H groups in total. The van der Waals surface area contributed by atoms with Gasteiger partial charge in [0.05, 0.1) is 12.7 Å². The lowest BCUT2D eigenvalue weighted by molar-refractivity contribution is 0.0601. The lowest BCUT2D eigenvalue weighted by Gasteiger charge is -2.03. The van der Waals surface area contributed by atoms with Gasteiger partial charge in [-0.1, -0.05) is 30.9 Å². The van der Waals surface area contributed by atoms with Gasteiger partial charge in [-0.05, 0) is 30.2 Å². The molecule has 0 radical (unpaired) electrons. The van der Waals surface area contributed by atoms with Gasteiger partial charge in [0, 0.05) is 0 Å². The van der Waals surface area contributed by atoms with E-state index in [1.54, 1.807) is 18.2 Å². The van der Waals surface area contributed by atoms with E-state index in [-0.39, 0.29) is 5.97 Å². The minimum Gasteiger partial charge on any atom is -0.465 e. The summed E-state index contributed by atoms with van der Waals surface area (Å²) in [6.45, 7) is 5.67. The molecule has 2 heteroatoms. The smallest absolute Gasteiger partial charge is 0.337 e. The summed E-state index contributed by atoms with van der Waals surface area (Å²) in [5.74, 6) is -0.317. The number of carbonyl (C=O) groups excluding carboxylic acids is 1. The van der Waals surface area contributed by atoms with Crippen molar-refractivity contribution in [1.29, 1.82) is 0 Å². The van der Waals surface area contributed by atoms with Crippen molar-refractivity contribution in [2.75, 3.05) is 7.11 Å². The predicted octanol–water partition coefficient (Wildman–Crippen LogP) is 3.06. The van der Waals surface area contributed by atoms with E-state index in [0.717, 1.165) is 11.1 Å². The van der Waals surface area contributed by atoms with Gasteiger partial charge < -0.3 is 4.74 Å².